The van der Waals surface area contributed by atoms with Gasteiger partial charge in [0.25, 0.3) is 0 Å². The number of hydrogen-bond donors (Lipinski definition) is 0. The number of benzene rings is 10. The fourth-order valence-corrected chi connectivity index (χ4v) is 10.3. The van der Waals surface area contributed by atoms with Gasteiger partial charge in [-0.05, 0) is 116 Å². The number of rotatable bonds is 6. The summed E-state index contributed by atoms with van der Waals surface area (Å²) >= 11 is 0. The van der Waals surface area contributed by atoms with Gasteiger partial charge in [0.2, 0.25) is 0 Å². The molecule has 0 aromatic heterocycles. The van der Waals surface area contributed by atoms with Gasteiger partial charge in [0.05, 0.1) is 16.8 Å². The predicted octanol–water partition coefficient (Wildman–Crippen LogP) is 15.3. The lowest BCUT2D eigenvalue weighted by atomic mass is 9.70. The van der Waals surface area contributed by atoms with E-state index in [2.05, 4.69) is 240 Å². The van der Waals surface area contributed by atoms with Crippen LogP contribution in [0.2, 0.25) is 0 Å². The number of anilines is 6. The van der Waals surface area contributed by atoms with E-state index in [1.807, 2.05) is 0 Å². The van der Waals surface area contributed by atoms with Crippen LogP contribution >= 0.6 is 0 Å². The summed E-state index contributed by atoms with van der Waals surface area (Å²) in [7, 11) is 0. The lowest BCUT2D eigenvalue weighted by Crippen LogP contribution is -2.26. The van der Waals surface area contributed by atoms with E-state index < -0.39 is 5.41 Å². The zero-order valence-corrected chi connectivity index (χ0v) is 32.3. The second kappa shape index (κ2) is 13.2. The van der Waals surface area contributed by atoms with Crippen LogP contribution in [-0.4, -0.2) is 0 Å². The van der Waals surface area contributed by atoms with Gasteiger partial charge in [-0.3, -0.25) is 0 Å². The van der Waals surface area contributed by atoms with Crippen molar-refractivity contribution in [3.8, 4) is 22.3 Å². The minimum Gasteiger partial charge on any atom is -0.310 e. The second-order valence-electron chi connectivity index (χ2n) is 15.6. The van der Waals surface area contributed by atoms with Crippen LogP contribution in [0, 0.1) is 0 Å². The molecule has 59 heavy (non-hydrogen) atoms. The maximum Gasteiger partial charge on any atom is 0.0727 e. The van der Waals surface area contributed by atoms with Crippen LogP contribution in [0.25, 0.3) is 43.8 Å². The Morgan fingerprint density at radius 1 is 0.254 bits per heavy atom. The molecule has 10 aromatic carbocycles. The molecule has 12 rings (SSSR count). The highest BCUT2D eigenvalue weighted by atomic mass is 15.1. The van der Waals surface area contributed by atoms with E-state index in [1.54, 1.807) is 0 Å². The normalized spacial score (nSPS) is 12.9. The summed E-state index contributed by atoms with van der Waals surface area (Å²) < 4.78 is 0. The minimum atomic E-state index is -0.604. The van der Waals surface area contributed by atoms with Gasteiger partial charge in [0.1, 0.15) is 0 Å². The van der Waals surface area contributed by atoms with E-state index in [0.717, 1.165) is 34.1 Å². The Labute approximate surface area is 344 Å². The first-order valence-electron chi connectivity index (χ1n) is 20.4. The molecule has 2 heteroatoms. The van der Waals surface area contributed by atoms with Crippen molar-refractivity contribution in [3.05, 3.63) is 253 Å². The SMILES string of the molecule is c1ccc(N(c2ccccc2)c2cc3c(c4ccccc24)-c2c(cc(N(c4ccccc4)c4ccccc4)c4ccccc24)C32c3ccccc3-c3ccccc32)cc1. The van der Waals surface area contributed by atoms with E-state index in [0.29, 0.717) is 0 Å². The number of fused-ring (bicyclic) bond motifs is 14. The van der Waals surface area contributed by atoms with Crippen molar-refractivity contribution >= 4 is 55.7 Å². The molecular weight excluding hydrogens is 713 g/mol. The summed E-state index contributed by atoms with van der Waals surface area (Å²) in [5, 5.41) is 4.92. The molecule has 10 aromatic rings. The molecule has 1 spiro atoms. The number of nitrogens with zero attached hydrogens (tertiary/aromatic N) is 2. The summed E-state index contributed by atoms with van der Waals surface area (Å²) in [4.78, 5) is 4.89. The Hall–Kier alpha value is -7.68. The topological polar surface area (TPSA) is 6.48 Å². The van der Waals surface area contributed by atoms with E-state index in [9.17, 15) is 0 Å². The third-order valence-corrected chi connectivity index (χ3v) is 12.6. The summed E-state index contributed by atoms with van der Waals surface area (Å²) in [5.74, 6) is 0. The summed E-state index contributed by atoms with van der Waals surface area (Å²) in [6.07, 6.45) is 0. The zero-order chi connectivity index (χ0) is 38.9. The maximum absolute atomic E-state index is 2.54. The molecule has 2 nitrogen and oxygen atoms in total. The third kappa shape index (κ3) is 4.81. The molecule has 0 atom stereocenters. The molecule has 0 bridgehead atoms. The molecule has 0 aliphatic heterocycles. The van der Waals surface area contributed by atoms with Crippen molar-refractivity contribution in [2.45, 2.75) is 5.41 Å². The highest BCUT2D eigenvalue weighted by Gasteiger charge is 2.53. The van der Waals surface area contributed by atoms with Gasteiger partial charge in [0.15, 0.2) is 0 Å². The van der Waals surface area contributed by atoms with Crippen LogP contribution in [0.15, 0.2) is 231 Å². The van der Waals surface area contributed by atoms with E-state index in [1.165, 1.54) is 66.1 Å². The van der Waals surface area contributed by atoms with Crippen LogP contribution in [0.5, 0.6) is 0 Å². The van der Waals surface area contributed by atoms with Crippen molar-refractivity contribution in [1.29, 1.82) is 0 Å². The molecule has 0 unspecified atom stereocenters. The quantitative estimate of drug-likeness (QED) is 0.167. The van der Waals surface area contributed by atoms with E-state index in [-0.39, 0.29) is 0 Å². The van der Waals surface area contributed by atoms with Gasteiger partial charge in [0, 0.05) is 33.5 Å². The third-order valence-electron chi connectivity index (χ3n) is 12.6. The summed E-state index contributed by atoms with van der Waals surface area (Å²) in [5.41, 5.74) is 16.6. The standard InChI is InChI=1S/C57H38N2/c1-5-21-39(22-6-1)58(40-23-7-2-8-24-40)53-37-51-55(47-33-15-13-31-45(47)53)56-48-34-16-14-32-46(48)54(59(41-25-9-3-10-26-41)42-27-11-4-12-28-42)38-52(56)57(51)49-35-19-17-29-43(49)44-30-18-20-36-50(44)57/h1-38H. The predicted molar refractivity (Wildman–Crippen MR) is 247 cm³/mol. The van der Waals surface area contributed by atoms with Crippen molar-refractivity contribution in [2.75, 3.05) is 9.80 Å². The fraction of sp³-hybridized carbons (Fsp3) is 0.0175. The monoisotopic (exact) mass is 750 g/mol. The maximum atomic E-state index is 2.54. The van der Waals surface area contributed by atoms with Crippen LogP contribution in [0.4, 0.5) is 34.1 Å². The summed E-state index contributed by atoms with van der Waals surface area (Å²) in [6, 6.07) is 84.8. The molecule has 0 N–H and O–H groups in total. The Morgan fingerprint density at radius 2 is 0.542 bits per heavy atom. The molecule has 0 radical (unpaired) electrons. The Balaban J connectivity index is 1.28. The average molecular weight is 751 g/mol. The lowest BCUT2D eigenvalue weighted by molar-refractivity contribution is 0.795. The van der Waals surface area contributed by atoms with Crippen LogP contribution < -0.4 is 9.80 Å². The van der Waals surface area contributed by atoms with Crippen molar-refractivity contribution in [1.82, 2.24) is 0 Å². The molecule has 0 saturated carbocycles. The highest BCUT2D eigenvalue weighted by Crippen LogP contribution is 2.66. The number of para-hydroxylation sites is 4. The molecule has 2 aliphatic rings. The first-order chi connectivity index (χ1) is 29.3. The van der Waals surface area contributed by atoms with Gasteiger partial charge in [-0.1, -0.05) is 170 Å². The molecule has 0 heterocycles. The Bertz CT molecular complexity index is 2910. The smallest absolute Gasteiger partial charge is 0.0727 e. The molecule has 0 saturated heterocycles. The van der Waals surface area contributed by atoms with Gasteiger partial charge in [-0.25, -0.2) is 0 Å². The van der Waals surface area contributed by atoms with Crippen LogP contribution in [-0.2, 0) is 5.41 Å². The van der Waals surface area contributed by atoms with Crippen LogP contribution in [0.1, 0.15) is 22.3 Å². The van der Waals surface area contributed by atoms with Gasteiger partial charge in [-0.15, -0.1) is 0 Å². The fourth-order valence-electron chi connectivity index (χ4n) is 10.3. The molecular formula is C57H38N2. The number of hydrogen-bond acceptors (Lipinski definition) is 2. The highest BCUT2D eigenvalue weighted by molar-refractivity contribution is 6.19. The van der Waals surface area contributed by atoms with Gasteiger partial charge >= 0.3 is 0 Å². The Kier molecular flexibility index (Phi) is 7.48. The Morgan fingerprint density at radius 3 is 0.898 bits per heavy atom. The van der Waals surface area contributed by atoms with Crippen molar-refractivity contribution in [2.24, 2.45) is 0 Å². The molecule has 276 valence electrons. The lowest BCUT2D eigenvalue weighted by Gasteiger charge is -2.34. The van der Waals surface area contributed by atoms with E-state index in [4.69, 9.17) is 0 Å². The van der Waals surface area contributed by atoms with E-state index >= 15 is 0 Å². The molecule has 0 fully saturated rings. The molecule has 0 amide bonds. The van der Waals surface area contributed by atoms with Crippen molar-refractivity contribution < 1.29 is 0 Å². The zero-order valence-electron chi connectivity index (χ0n) is 32.3. The second-order valence-corrected chi connectivity index (χ2v) is 15.6. The first-order valence-corrected chi connectivity index (χ1v) is 20.4. The van der Waals surface area contributed by atoms with Crippen LogP contribution in [0.3, 0.4) is 0 Å². The van der Waals surface area contributed by atoms with Gasteiger partial charge in [-0.2, -0.15) is 0 Å². The van der Waals surface area contributed by atoms with Crippen molar-refractivity contribution in [3.63, 3.8) is 0 Å². The first kappa shape index (κ1) is 33.5. The average Bonchev–Trinajstić information content (AvgIpc) is 3.78. The minimum absolute atomic E-state index is 0.604. The molecule has 2 aliphatic carbocycles. The largest absolute Gasteiger partial charge is 0.310 e. The van der Waals surface area contributed by atoms with Gasteiger partial charge < -0.3 is 9.80 Å². The summed E-state index contributed by atoms with van der Waals surface area (Å²) in [6.45, 7) is 0.